The van der Waals surface area contributed by atoms with Crippen LogP contribution in [0.5, 0.6) is 0 Å². The van der Waals surface area contributed by atoms with E-state index in [1.54, 1.807) is 0 Å². The number of aliphatic imine (C=N–C) groups is 1. The van der Waals surface area contributed by atoms with E-state index >= 15 is 0 Å². The van der Waals surface area contributed by atoms with Crippen LogP contribution in [0.25, 0.3) is 0 Å². The minimum atomic E-state index is 0.726. The van der Waals surface area contributed by atoms with Crippen LogP contribution >= 0.6 is 0 Å². The summed E-state index contributed by atoms with van der Waals surface area (Å²) in [7, 11) is 1.82. The molecule has 1 rings (SSSR count). The summed E-state index contributed by atoms with van der Waals surface area (Å²) < 4.78 is 0. The van der Waals surface area contributed by atoms with Gasteiger partial charge in [0.1, 0.15) is 0 Å². The molecule has 0 aliphatic rings. The molecule has 19 heavy (non-hydrogen) atoms. The van der Waals surface area contributed by atoms with Gasteiger partial charge in [-0.2, -0.15) is 0 Å². The van der Waals surface area contributed by atoms with Gasteiger partial charge in [0.25, 0.3) is 0 Å². The predicted molar refractivity (Wildman–Crippen MR) is 83.6 cm³/mol. The zero-order valence-electron chi connectivity index (χ0n) is 12.4. The molecule has 3 nitrogen and oxygen atoms in total. The fourth-order valence-corrected chi connectivity index (χ4v) is 1.84. The molecule has 0 saturated carbocycles. The van der Waals surface area contributed by atoms with Gasteiger partial charge in [0.15, 0.2) is 5.96 Å². The Kier molecular flexibility index (Phi) is 7.71. The normalized spacial score (nSPS) is 11.7. The van der Waals surface area contributed by atoms with Crippen LogP contribution in [0, 0.1) is 5.92 Å². The third-order valence-electron chi connectivity index (χ3n) is 3.02. The van der Waals surface area contributed by atoms with Gasteiger partial charge in [-0.05, 0) is 30.7 Å². The molecule has 0 bridgehead atoms. The second kappa shape index (κ2) is 9.42. The summed E-state index contributed by atoms with van der Waals surface area (Å²) in [4.78, 5) is 4.22. The molecule has 0 aromatic heterocycles. The number of aryl methyl sites for hydroxylation is 1. The molecule has 0 fully saturated rings. The Morgan fingerprint density at radius 3 is 2.42 bits per heavy atom. The molecule has 0 unspecified atom stereocenters. The molecular formula is C16H27N3. The van der Waals surface area contributed by atoms with E-state index < -0.39 is 0 Å². The lowest BCUT2D eigenvalue weighted by Gasteiger charge is -2.12. The van der Waals surface area contributed by atoms with Crippen molar-refractivity contribution >= 4 is 5.96 Å². The van der Waals surface area contributed by atoms with Crippen molar-refractivity contribution < 1.29 is 0 Å². The quantitative estimate of drug-likeness (QED) is 0.450. The van der Waals surface area contributed by atoms with Gasteiger partial charge in [-0.1, -0.05) is 44.2 Å². The molecule has 106 valence electrons. The molecule has 0 radical (unpaired) electrons. The summed E-state index contributed by atoms with van der Waals surface area (Å²) in [6.45, 7) is 6.40. The van der Waals surface area contributed by atoms with Crippen molar-refractivity contribution in [1.29, 1.82) is 0 Å². The van der Waals surface area contributed by atoms with Crippen LogP contribution in [-0.2, 0) is 6.42 Å². The first-order valence-electron chi connectivity index (χ1n) is 7.21. The van der Waals surface area contributed by atoms with Crippen molar-refractivity contribution in [2.45, 2.75) is 33.1 Å². The summed E-state index contributed by atoms with van der Waals surface area (Å²) in [6.07, 6.45) is 3.40. The van der Waals surface area contributed by atoms with E-state index in [9.17, 15) is 0 Å². The number of hydrogen-bond acceptors (Lipinski definition) is 1. The topological polar surface area (TPSA) is 36.4 Å². The van der Waals surface area contributed by atoms with E-state index in [-0.39, 0.29) is 0 Å². The highest BCUT2D eigenvalue weighted by molar-refractivity contribution is 5.79. The van der Waals surface area contributed by atoms with Crippen LogP contribution in [0.15, 0.2) is 35.3 Å². The van der Waals surface area contributed by atoms with Crippen molar-refractivity contribution in [1.82, 2.24) is 10.6 Å². The molecule has 2 N–H and O–H groups in total. The lowest BCUT2D eigenvalue weighted by Crippen LogP contribution is -2.38. The SMILES string of the molecule is CN=C(NCCCc1ccccc1)NCCC(C)C. The minimum Gasteiger partial charge on any atom is -0.356 e. The summed E-state index contributed by atoms with van der Waals surface area (Å²) in [6, 6.07) is 10.6. The smallest absolute Gasteiger partial charge is 0.190 e. The van der Waals surface area contributed by atoms with Crippen LogP contribution in [0.2, 0.25) is 0 Å². The van der Waals surface area contributed by atoms with Crippen LogP contribution in [0.4, 0.5) is 0 Å². The first-order valence-corrected chi connectivity index (χ1v) is 7.21. The largest absolute Gasteiger partial charge is 0.356 e. The zero-order valence-corrected chi connectivity index (χ0v) is 12.4. The van der Waals surface area contributed by atoms with Gasteiger partial charge < -0.3 is 10.6 Å². The molecule has 0 amide bonds. The molecule has 3 heteroatoms. The maximum absolute atomic E-state index is 4.22. The average Bonchev–Trinajstić information content (AvgIpc) is 2.42. The number of benzene rings is 1. The number of guanidine groups is 1. The Morgan fingerprint density at radius 1 is 1.11 bits per heavy atom. The van der Waals surface area contributed by atoms with Crippen LogP contribution in [0.1, 0.15) is 32.3 Å². The van der Waals surface area contributed by atoms with Crippen molar-refractivity contribution in [2.24, 2.45) is 10.9 Å². The Bertz CT molecular complexity index is 358. The third-order valence-corrected chi connectivity index (χ3v) is 3.02. The Morgan fingerprint density at radius 2 is 1.79 bits per heavy atom. The highest BCUT2D eigenvalue weighted by Crippen LogP contribution is 2.01. The molecule has 0 heterocycles. The maximum atomic E-state index is 4.22. The first kappa shape index (κ1) is 15.5. The van der Waals surface area contributed by atoms with Crippen molar-refractivity contribution in [2.75, 3.05) is 20.1 Å². The van der Waals surface area contributed by atoms with Gasteiger partial charge in [0, 0.05) is 20.1 Å². The number of rotatable bonds is 7. The van der Waals surface area contributed by atoms with Crippen molar-refractivity contribution in [3.8, 4) is 0 Å². The summed E-state index contributed by atoms with van der Waals surface area (Å²) in [5.74, 6) is 1.64. The van der Waals surface area contributed by atoms with Crippen molar-refractivity contribution in [3.63, 3.8) is 0 Å². The molecule has 0 aliphatic heterocycles. The second-order valence-corrected chi connectivity index (χ2v) is 5.20. The zero-order chi connectivity index (χ0) is 13.9. The summed E-state index contributed by atoms with van der Waals surface area (Å²) in [5.41, 5.74) is 1.40. The van der Waals surface area contributed by atoms with Gasteiger partial charge in [-0.3, -0.25) is 4.99 Å². The fraction of sp³-hybridized carbons (Fsp3) is 0.562. The maximum Gasteiger partial charge on any atom is 0.190 e. The van der Waals surface area contributed by atoms with Gasteiger partial charge in [0.05, 0.1) is 0 Å². The van der Waals surface area contributed by atoms with Crippen LogP contribution in [-0.4, -0.2) is 26.1 Å². The lowest BCUT2D eigenvalue weighted by molar-refractivity contribution is 0.573. The number of hydrogen-bond donors (Lipinski definition) is 2. The monoisotopic (exact) mass is 261 g/mol. The van der Waals surface area contributed by atoms with E-state index in [2.05, 4.69) is 59.8 Å². The second-order valence-electron chi connectivity index (χ2n) is 5.20. The third kappa shape index (κ3) is 7.50. The number of nitrogens with one attached hydrogen (secondary N) is 2. The average molecular weight is 261 g/mol. The predicted octanol–water partition coefficient (Wildman–Crippen LogP) is 2.83. The summed E-state index contributed by atoms with van der Waals surface area (Å²) in [5, 5.41) is 6.69. The van der Waals surface area contributed by atoms with Crippen LogP contribution < -0.4 is 10.6 Å². The standard InChI is InChI=1S/C16H27N3/c1-14(2)11-13-19-16(17-3)18-12-7-10-15-8-5-4-6-9-15/h4-6,8-9,14H,7,10-13H2,1-3H3,(H2,17,18,19). The van der Waals surface area contributed by atoms with E-state index in [4.69, 9.17) is 0 Å². The van der Waals surface area contributed by atoms with E-state index in [1.807, 2.05) is 7.05 Å². The molecular weight excluding hydrogens is 234 g/mol. The van der Waals surface area contributed by atoms with Crippen LogP contribution in [0.3, 0.4) is 0 Å². The highest BCUT2D eigenvalue weighted by Gasteiger charge is 1.98. The molecule has 0 spiro atoms. The van der Waals surface area contributed by atoms with Gasteiger partial charge in [-0.15, -0.1) is 0 Å². The minimum absolute atomic E-state index is 0.726. The Hall–Kier alpha value is -1.51. The first-order chi connectivity index (χ1) is 9.22. The fourth-order valence-electron chi connectivity index (χ4n) is 1.84. The molecule has 1 aromatic rings. The van der Waals surface area contributed by atoms with Gasteiger partial charge in [0.2, 0.25) is 0 Å². The Labute approximate surface area is 117 Å². The lowest BCUT2D eigenvalue weighted by atomic mass is 10.1. The van der Waals surface area contributed by atoms with Gasteiger partial charge in [-0.25, -0.2) is 0 Å². The summed E-state index contributed by atoms with van der Waals surface area (Å²) >= 11 is 0. The van der Waals surface area contributed by atoms with E-state index in [0.717, 1.165) is 37.8 Å². The molecule has 0 aliphatic carbocycles. The molecule has 0 atom stereocenters. The number of nitrogens with zero attached hydrogens (tertiary/aromatic N) is 1. The Balaban J connectivity index is 2.13. The van der Waals surface area contributed by atoms with E-state index in [0.29, 0.717) is 0 Å². The molecule has 0 saturated heterocycles. The van der Waals surface area contributed by atoms with Gasteiger partial charge >= 0.3 is 0 Å². The van der Waals surface area contributed by atoms with Crippen molar-refractivity contribution in [3.05, 3.63) is 35.9 Å². The molecule has 1 aromatic carbocycles. The van der Waals surface area contributed by atoms with E-state index in [1.165, 1.54) is 12.0 Å². The highest BCUT2D eigenvalue weighted by atomic mass is 15.2.